The van der Waals surface area contributed by atoms with Gasteiger partial charge in [-0.25, -0.2) is 4.98 Å². The van der Waals surface area contributed by atoms with E-state index in [-0.39, 0.29) is 5.91 Å². The highest BCUT2D eigenvalue weighted by atomic mass is 16.5. The van der Waals surface area contributed by atoms with Crippen molar-refractivity contribution >= 4 is 22.9 Å². The standard InChI is InChI=1S/C19H16N4O3/c1-25-11-7-8-12(16(9-11)26-2)17-13(10-20)18(24)22-19-21-14-5-3-4-6-15(14)23(17)19/h3-9,13,17H,1-2H3,(H,21,22,24)/t13-,17-/m1/s1. The van der Waals surface area contributed by atoms with Crippen LogP contribution in [0.15, 0.2) is 42.5 Å². The maximum atomic E-state index is 12.5. The first-order valence-corrected chi connectivity index (χ1v) is 8.07. The van der Waals surface area contributed by atoms with Gasteiger partial charge in [-0.2, -0.15) is 5.26 Å². The number of methoxy groups -OCH3 is 2. The molecule has 1 N–H and O–H groups in total. The van der Waals surface area contributed by atoms with Crippen LogP contribution in [0.3, 0.4) is 0 Å². The molecule has 2 aromatic carbocycles. The molecule has 2 heterocycles. The summed E-state index contributed by atoms with van der Waals surface area (Å²) in [7, 11) is 3.12. The fourth-order valence-electron chi connectivity index (χ4n) is 3.41. The molecule has 26 heavy (non-hydrogen) atoms. The summed E-state index contributed by atoms with van der Waals surface area (Å²) in [4.78, 5) is 17.0. The first kappa shape index (κ1) is 16.0. The fraction of sp³-hybridized carbons (Fsp3) is 0.211. The van der Waals surface area contributed by atoms with Crippen molar-refractivity contribution in [3.05, 3.63) is 48.0 Å². The van der Waals surface area contributed by atoms with E-state index in [9.17, 15) is 10.1 Å². The van der Waals surface area contributed by atoms with Crippen molar-refractivity contribution in [3.8, 4) is 17.6 Å². The number of carbonyl (C=O) groups excluding carboxylic acids is 1. The maximum Gasteiger partial charge on any atom is 0.246 e. The summed E-state index contributed by atoms with van der Waals surface area (Å²) >= 11 is 0. The number of nitrogens with zero attached hydrogens (tertiary/aromatic N) is 3. The van der Waals surface area contributed by atoms with Gasteiger partial charge in [0.15, 0.2) is 5.92 Å². The molecule has 130 valence electrons. The second-order valence-electron chi connectivity index (χ2n) is 5.94. The van der Waals surface area contributed by atoms with E-state index >= 15 is 0 Å². The lowest BCUT2D eigenvalue weighted by Crippen LogP contribution is -2.37. The molecule has 1 aliphatic rings. The van der Waals surface area contributed by atoms with Crippen LogP contribution < -0.4 is 14.8 Å². The zero-order valence-corrected chi connectivity index (χ0v) is 14.3. The van der Waals surface area contributed by atoms with Crippen molar-refractivity contribution in [1.29, 1.82) is 5.26 Å². The number of ether oxygens (including phenoxy) is 2. The van der Waals surface area contributed by atoms with Crippen molar-refractivity contribution in [1.82, 2.24) is 9.55 Å². The number of nitrogens with one attached hydrogen (secondary N) is 1. The number of amides is 1. The first-order chi connectivity index (χ1) is 12.7. The summed E-state index contributed by atoms with van der Waals surface area (Å²) in [5, 5.41) is 12.4. The van der Waals surface area contributed by atoms with Crippen molar-refractivity contribution in [2.45, 2.75) is 6.04 Å². The number of hydrogen-bond acceptors (Lipinski definition) is 5. The number of benzene rings is 2. The Hall–Kier alpha value is -3.53. The number of nitriles is 1. The van der Waals surface area contributed by atoms with Crippen LogP contribution in [0.4, 0.5) is 5.95 Å². The minimum absolute atomic E-state index is 0.377. The van der Waals surface area contributed by atoms with Crippen LogP contribution in [0.25, 0.3) is 11.0 Å². The van der Waals surface area contributed by atoms with E-state index in [1.54, 1.807) is 26.4 Å². The first-order valence-electron chi connectivity index (χ1n) is 8.07. The molecular weight excluding hydrogens is 332 g/mol. The Morgan fingerprint density at radius 1 is 1.19 bits per heavy atom. The topological polar surface area (TPSA) is 89.2 Å². The summed E-state index contributed by atoms with van der Waals surface area (Å²) < 4.78 is 12.7. The lowest BCUT2D eigenvalue weighted by molar-refractivity contribution is -0.119. The van der Waals surface area contributed by atoms with Gasteiger partial charge in [0.25, 0.3) is 0 Å². The van der Waals surface area contributed by atoms with E-state index in [1.807, 2.05) is 34.9 Å². The Kier molecular flexibility index (Phi) is 3.73. The van der Waals surface area contributed by atoms with Gasteiger partial charge in [0.2, 0.25) is 11.9 Å². The SMILES string of the molecule is COc1ccc([C@@H]2[C@@H](C#N)C(=O)Nc3nc4ccccc4n32)c(OC)c1. The summed E-state index contributed by atoms with van der Waals surface area (Å²) in [6.07, 6.45) is 0. The quantitative estimate of drug-likeness (QED) is 0.786. The van der Waals surface area contributed by atoms with Crippen molar-refractivity contribution in [2.24, 2.45) is 5.92 Å². The van der Waals surface area contributed by atoms with E-state index < -0.39 is 12.0 Å². The highest BCUT2D eigenvalue weighted by molar-refractivity contribution is 5.97. The van der Waals surface area contributed by atoms with E-state index in [2.05, 4.69) is 16.4 Å². The molecule has 0 saturated heterocycles. The summed E-state index contributed by atoms with van der Waals surface area (Å²) in [5.41, 5.74) is 2.31. The van der Waals surface area contributed by atoms with Crippen molar-refractivity contribution < 1.29 is 14.3 Å². The third-order valence-corrected chi connectivity index (χ3v) is 4.61. The molecule has 1 aromatic heterocycles. The van der Waals surface area contributed by atoms with Gasteiger partial charge in [-0.1, -0.05) is 12.1 Å². The van der Waals surface area contributed by atoms with Crippen LogP contribution in [0.5, 0.6) is 11.5 Å². The highest BCUT2D eigenvalue weighted by Gasteiger charge is 2.40. The van der Waals surface area contributed by atoms with Gasteiger partial charge in [-0.3, -0.25) is 10.1 Å². The molecule has 0 spiro atoms. The molecule has 0 unspecified atom stereocenters. The smallest absolute Gasteiger partial charge is 0.246 e. The molecule has 0 aliphatic carbocycles. The molecule has 0 bridgehead atoms. The molecule has 3 aromatic rings. The molecular formula is C19H16N4O3. The predicted molar refractivity (Wildman–Crippen MR) is 95.2 cm³/mol. The van der Waals surface area contributed by atoms with Gasteiger partial charge in [0.05, 0.1) is 37.4 Å². The molecule has 7 heteroatoms. The number of hydrogen-bond donors (Lipinski definition) is 1. The molecule has 2 atom stereocenters. The van der Waals surface area contributed by atoms with E-state index in [4.69, 9.17) is 9.47 Å². The molecule has 0 saturated carbocycles. The molecule has 4 rings (SSSR count). The van der Waals surface area contributed by atoms with E-state index in [0.717, 1.165) is 16.6 Å². The van der Waals surface area contributed by atoms with Crippen molar-refractivity contribution in [2.75, 3.05) is 19.5 Å². The molecule has 1 aliphatic heterocycles. The third kappa shape index (κ3) is 2.27. The number of fused-ring (bicyclic) bond motifs is 3. The zero-order valence-electron chi connectivity index (χ0n) is 14.3. The zero-order chi connectivity index (χ0) is 18.3. The van der Waals surface area contributed by atoms with Crippen LogP contribution in [0.1, 0.15) is 11.6 Å². The second kappa shape index (κ2) is 6.08. The predicted octanol–water partition coefficient (Wildman–Crippen LogP) is 2.73. The second-order valence-corrected chi connectivity index (χ2v) is 5.94. The largest absolute Gasteiger partial charge is 0.497 e. The average molecular weight is 348 g/mol. The lowest BCUT2D eigenvalue weighted by atomic mass is 9.90. The minimum Gasteiger partial charge on any atom is -0.497 e. The normalized spacial score (nSPS) is 18.7. The Balaban J connectivity index is 2.00. The van der Waals surface area contributed by atoms with Crippen LogP contribution in [0.2, 0.25) is 0 Å². The van der Waals surface area contributed by atoms with Crippen LogP contribution >= 0.6 is 0 Å². The lowest BCUT2D eigenvalue weighted by Gasteiger charge is -2.30. The van der Waals surface area contributed by atoms with Crippen molar-refractivity contribution in [3.63, 3.8) is 0 Å². The molecule has 7 nitrogen and oxygen atoms in total. The number of carbonyl (C=O) groups is 1. The number of aromatic nitrogens is 2. The van der Waals surface area contributed by atoms with Crippen LogP contribution in [-0.4, -0.2) is 29.7 Å². The Bertz CT molecular complexity index is 1050. The Labute approximate surface area is 149 Å². The van der Waals surface area contributed by atoms with Gasteiger partial charge < -0.3 is 14.0 Å². The average Bonchev–Trinajstić information content (AvgIpc) is 3.04. The fourth-order valence-corrected chi connectivity index (χ4v) is 3.41. The third-order valence-electron chi connectivity index (χ3n) is 4.61. The van der Waals surface area contributed by atoms with Gasteiger partial charge in [-0.15, -0.1) is 0 Å². The monoisotopic (exact) mass is 348 g/mol. The number of anilines is 1. The maximum absolute atomic E-state index is 12.5. The van der Waals surface area contributed by atoms with Crippen LogP contribution in [0, 0.1) is 17.2 Å². The number of imidazole rings is 1. The van der Waals surface area contributed by atoms with Gasteiger partial charge in [0, 0.05) is 11.6 Å². The minimum atomic E-state index is -0.914. The summed E-state index contributed by atoms with van der Waals surface area (Å²) in [6, 6.07) is 14.5. The number of para-hydroxylation sites is 2. The Morgan fingerprint density at radius 3 is 2.73 bits per heavy atom. The molecule has 1 amide bonds. The summed E-state index contributed by atoms with van der Waals surface area (Å²) in [5.74, 6) is 0.314. The van der Waals surface area contributed by atoms with E-state index in [1.165, 1.54) is 0 Å². The van der Waals surface area contributed by atoms with Gasteiger partial charge in [0.1, 0.15) is 11.5 Å². The number of rotatable bonds is 3. The molecule has 0 fully saturated rings. The van der Waals surface area contributed by atoms with E-state index in [0.29, 0.717) is 17.4 Å². The Morgan fingerprint density at radius 2 is 2.00 bits per heavy atom. The molecule has 0 radical (unpaired) electrons. The van der Waals surface area contributed by atoms with Gasteiger partial charge in [-0.05, 0) is 24.3 Å². The van der Waals surface area contributed by atoms with Crippen LogP contribution in [-0.2, 0) is 4.79 Å². The van der Waals surface area contributed by atoms with Gasteiger partial charge >= 0.3 is 0 Å². The highest BCUT2D eigenvalue weighted by Crippen LogP contribution is 2.41. The summed E-state index contributed by atoms with van der Waals surface area (Å²) in [6.45, 7) is 0.